The van der Waals surface area contributed by atoms with Gasteiger partial charge in [-0.05, 0) is 20.8 Å². The fourth-order valence-electron chi connectivity index (χ4n) is 1.22. The lowest BCUT2D eigenvalue weighted by atomic mass is 10.1. The van der Waals surface area contributed by atoms with Crippen LogP contribution in [0.5, 0.6) is 0 Å². The summed E-state index contributed by atoms with van der Waals surface area (Å²) in [6.07, 6.45) is -39.6. The predicted molar refractivity (Wildman–Crippen MR) is 73.8 cm³/mol. The first kappa shape index (κ1) is 35.6. The molecule has 0 aliphatic heterocycles. The summed E-state index contributed by atoms with van der Waals surface area (Å²) >= 11 is 0. The maximum absolute atomic E-state index is 12.8. The molecule has 0 atom stereocenters. The minimum Gasteiger partial charge on any atom is -0.228 e. The molecule has 0 aromatic carbocycles. The normalized spacial score (nSPS) is 15.8. The van der Waals surface area contributed by atoms with E-state index in [1.54, 1.807) is 0 Å². The third kappa shape index (κ3) is 7.36. The lowest BCUT2D eigenvalue weighted by Gasteiger charge is -2.35. The molecule has 0 bridgehead atoms. The van der Waals surface area contributed by atoms with Crippen LogP contribution >= 0.6 is 0 Å². The van der Waals surface area contributed by atoms with E-state index in [0.717, 1.165) is 0 Å². The van der Waals surface area contributed by atoms with Crippen LogP contribution in [0.25, 0.3) is 0 Å². The van der Waals surface area contributed by atoms with Crippen LogP contribution in [0.1, 0.15) is 20.8 Å². The van der Waals surface area contributed by atoms with Gasteiger partial charge in [0.05, 0.1) is 0 Å². The van der Waals surface area contributed by atoms with Crippen LogP contribution in [-0.2, 0) is 29.1 Å². The summed E-state index contributed by atoms with van der Waals surface area (Å²) in [6, 6.07) is 0. The van der Waals surface area contributed by atoms with Crippen LogP contribution in [0.2, 0.25) is 0 Å². The second-order valence-electron chi connectivity index (χ2n) is 6.91. The summed E-state index contributed by atoms with van der Waals surface area (Å²) in [6.45, 7) is -2.80. The molecule has 37 heavy (non-hydrogen) atoms. The molecule has 0 fully saturated rings. The molecule has 0 aromatic heterocycles. The quantitative estimate of drug-likeness (QED) is 0.131. The third-order valence-corrected chi connectivity index (χ3v) is 4.13. The SMILES string of the molecule is CC(OOB(OOC(C)(C(F)(F)F)C(F)(F)F)OOC(C)(C(F)(F)F)C(F)(F)F)(C(F)(F)F)C(F)(F)F. The number of rotatable bonds is 9. The van der Waals surface area contributed by atoms with Crippen molar-refractivity contribution in [1.29, 1.82) is 0 Å². The van der Waals surface area contributed by atoms with Gasteiger partial charge in [-0.3, -0.25) is 0 Å². The molecule has 25 heteroatoms. The number of hydrogen-bond donors (Lipinski definition) is 0. The first-order valence-electron chi connectivity index (χ1n) is 8.22. The molecule has 0 unspecified atom stereocenters. The number of alkyl halides is 18. The van der Waals surface area contributed by atoms with Crippen molar-refractivity contribution in [2.24, 2.45) is 0 Å². The Morgan fingerprint density at radius 1 is 0.324 bits per heavy atom. The van der Waals surface area contributed by atoms with Crippen molar-refractivity contribution in [1.82, 2.24) is 0 Å². The molecule has 222 valence electrons. The Hall–Kier alpha value is -1.44. The zero-order chi connectivity index (χ0) is 30.3. The van der Waals surface area contributed by atoms with Gasteiger partial charge in [0.25, 0.3) is 16.8 Å². The highest BCUT2D eigenvalue weighted by Crippen LogP contribution is 2.48. The largest absolute Gasteiger partial charge is 0.725 e. The molecule has 0 radical (unpaired) electrons. The van der Waals surface area contributed by atoms with Gasteiger partial charge in [0, 0.05) is 0 Å². The van der Waals surface area contributed by atoms with E-state index in [0.29, 0.717) is 0 Å². The lowest BCUT2D eigenvalue weighted by Crippen LogP contribution is -2.60. The Bertz CT molecular complexity index is 607. The Labute approximate surface area is 191 Å². The smallest absolute Gasteiger partial charge is 0.228 e. The zero-order valence-corrected chi connectivity index (χ0v) is 17.3. The van der Waals surface area contributed by atoms with E-state index in [-0.39, 0.29) is 0 Å². The highest BCUT2D eigenvalue weighted by Gasteiger charge is 2.74. The number of halogens is 18. The predicted octanol–water partition coefficient (Wildman–Crippen LogP) is 6.47. The number of hydrogen-bond acceptors (Lipinski definition) is 6. The fourth-order valence-corrected chi connectivity index (χ4v) is 1.22. The van der Waals surface area contributed by atoms with Gasteiger partial charge in [-0.1, -0.05) is 0 Å². The average molecular weight is 602 g/mol. The van der Waals surface area contributed by atoms with Gasteiger partial charge in [0.15, 0.2) is 0 Å². The van der Waals surface area contributed by atoms with E-state index < -0.39 is 82.0 Å². The molecule has 0 saturated heterocycles. The Morgan fingerprint density at radius 3 is 0.568 bits per heavy atom. The van der Waals surface area contributed by atoms with Crippen molar-refractivity contribution in [2.45, 2.75) is 74.6 Å². The van der Waals surface area contributed by atoms with Crippen LogP contribution in [-0.4, -0.2) is 61.2 Å². The summed E-state index contributed by atoms with van der Waals surface area (Å²) in [4.78, 5) is 17.4. The van der Waals surface area contributed by atoms with Crippen molar-refractivity contribution < 1.29 is 108 Å². The van der Waals surface area contributed by atoms with Crippen molar-refractivity contribution >= 4 is 7.32 Å². The fraction of sp³-hybridized carbons (Fsp3) is 1.00. The summed E-state index contributed by atoms with van der Waals surface area (Å²) in [7, 11) is -4.39. The summed E-state index contributed by atoms with van der Waals surface area (Å²) < 4.78 is 230. The molecule has 0 aliphatic rings. The van der Waals surface area contributed by atoms with E-state index >= 15 is 0 Å². The molecule has 0 rings (SSSR count). The topological polar surface area (TPSA) is 55.4 Å². The standard InChI is InChI=1S/C12H9BF18O6/c1-4(7(14,15)16,8(17,18)19)32-35-13(36-33-5(2,9(20,21)22)10(23,24)25)37-34-6(3,11(26,27)28)12(29,30)31/h1-3H3. The molecular formula is C12H9BF18O6. The second kappa shape index (κ2) is 10.3. The van der Waals surface area contributed by atoms with Crippen LogP contribution in [0, 0.1) is 0 Å². The van der Waals surface area contributed by atoms with E-state index in [1.165, 1.54) is 0 Å². The summed E-state index contributed by atoms with van der Waals surface area (Å²) in [5, 5.41) is 0. The maximum Gasteiger partial charge on any atom is 0.725 e. The third-order valence-electron chi connectivity index (χ3n) is 4.13. The van der Waals surface area contributed by atoms with Crippen molar-refractivity contribution in [2.75, 3.05) is 0 Å². The average Bonchev–Trinajstić information content (AvgIpc) is 2.60. The summed E-state index contributed by atoms with van der Waals surface area (Å²) in [5.41, 5.74) is -16.8. The van der Waals surface area contributed by atoms with Gasteiger partial charge >= 0.3 is 44.4 Å². The van der Waals surface area contributed by atoms with Crippen molar-refractivity contribution in [3.05, 3.63) is 0 Å². The van der Waals surface area contributed by atoms with E-state index in [1.807, 2.05) is 0 Å². The summed E-state index contributed by atoms with van der Waals surface area (Å²) in [5.74, 6) is 0. The second-order valence-corrected chi connectivity index (χ2v) is 6.91. The molecule has 0 N–H and O–H groups in total. The lowest BCUT2D eigenvalue weighted by molar-refractivity contribution is -0.503. The first-order chi connectivity index (χ1) is 15.8. The van der Waals surface area contributed by atoms with Gasteiger partial charge in [-0.15, -0.1) is 0 Å². The zero-order valence-electron chi connectivity index (χ0n) is 17.3. The van der Waals surface area contributed by atoms with Gasteiger partial charge in [0.2, 0.25) is 0 Å². The van der Waals surface area contributed by atoms with E-state index in [4.69, 9.17) is 0 Å². The molecule has 0 aliphatic carbocycles. The Kier molecular flexibility index (Phi) is 9.88. The van der Waals surface area contributed by atoms with Gasteiger partial charge in [0.1, 0.15) is 0 Å². The van der Waals surface area contributed by atoms with Crippen molar-refractivity contribution in [3.63, 3.8) is 0 Å². The van der Waals surface area contributed by atoms with E-state index in [9.17, 15) is 79.0 Å². The van der Waals surface area contributed by atoms with Crippen LogP contribution in [0.3, 0.4) is 0 Å². The Balaban J connectivity index is 6.32. The Morgan fingerprint density at radius 2 is 0.459 bits per heavy atom. The molecule has 0 amide bonds. The van der Waals surface area contributed by atoms with Crippen molar-refractivity contribution in [3.8, 4) is 0 Å². The monoisotopic (exact) mass is 602 g/mol. The van der Waals surface area contributed by atoms with Gasteiger partial charge in [-0.2, -0.15) is 79.0 Å². The molecular weight excluding hydrogens is 593 g/mol. The van der Waals surface area contributed by atoms with Crippen LogP contribution in [0.4, 0.5) is 79.0 Å². The molecule has 0 heterocycles. The van der Waals surface area contributed by atoms with E-state index in [2.05, 4.69) is 29.1 Å². The highest BCUT2D eigenvalue weighted by molar-refractivity contribution is 6.35. The maximum atomic E-state index is 12.8. The molecule has 0 aromatic rings. The van der Waals surface area contributed by atoms with Gasteiger partial charge in [-0.25, -0.2) is 29.1 Å². The molecule has 0 saturated carbocycles. The van der Waals surface area contributed by atoms with Crippen LogP contribution < -0.4 is 0 Å². The minimum absolute atomic E-state index is 0.934. The van der Waals surface area contributed by atoms with Crippen LogP contribution in [0.15, 0.2) is 0 Å². The minimum atomic E-state index is -6.60. The van der Waals surface area contributed by atoms with Gasteiger partial charge < -0.3 is 0 Å². The molecule has 6 nitrogen and oxygen atoms in total. The molecule has 0 spiro atoms. The highest BCUT2D eigenvalue weighted by atomic mass is 19.4. The first-order valence-corrected chi connectivity index (χ1v) is 8.22.